The Morgan fingerprint density at radius 3 is 2.44 bits per heavy atom. The monoisotopic (exact) mass is 503 g/mol. The van der Waals surface area contributed by atoms with Gasteiger partial charge >= 0.3 is 12.1 Å². The number of rotatable bonds is 7. The van der Waals surface area contributed by atoms with Gasteiger partial charge in [-0.05, 0) is 30.5 Å². The summed E-state index contributed by atoms with van der Waals surface area (Å²) in [5.41, 5.74) is -1.01. The minimum Gasteiger partial charge on any atom is -0.481 e. The maximum atomic E-state index is 13.9. The molecule has 186 valence electrons. The number of aromatic nitrogens is 2. The number of amides is 1. The SMILES string of the molecule is CO[C@H]1C[C@@H](S(=O)(=O)c2ccc(-c3cnn(CC(=O)N(C)C)c3)cc2C(F)(F)F)C[C@@H]1C(=O)O. The van der Waals surface area contributed by atoms with Crippen LogP contribution >= 0.6 is 0 Å². The van der Waals surface area contributed by atoms with Gasteiger partial charge in [0.25, 0.3) is 0 Å². The molecule has 1 saturated carbocycles. The van der Waals surface area contributed by atoms with Gasteiger partial charge in [-0.15, -0.1) is 0 Å². The molecule has 9 nitrogen and oxygen atoms in total. The molecule has 1 aromatic heterocycles. The van der Waals surface area contributed by atoms with Crippen LogP contribution in [-0.4, -0.2) is 72.6 Å². The van der Waals surface area contributed by atoms with E-state index in [2.05, 4.69) is 5.10 Å². The Hall–Kier alpha value is -2.93. The van der Waals surface area contributed by atoms with E-state index in [0.29, 0.717) is 0 Å². The van der Waals surface area contributed by atoms with Crippen LogP contribution in [0.5, 0.6) is 0 Å². The highest BCUT2D eigenvalue weighted by molar-refractivity contribution is 7.92. The number of hydrogen-bond donors (Lipinski definition) is 1. The molecule has 1 aliphatic carbocycles. The number of alkyl halides is 3. The second-order valence-electron chi connectivity index (χ2n) is 8.28. The van der Waals surface area contributed by atoms with E-state index < -0.39 is 49.7 Å². The second-order valence-corrected chi connectivity index (χ2v) is 10.5. The fourth-order valence-electron chi connectivity index (χ4n) is 3.97. The number of carbonyl (C=O) groups is 2. The van der Waals surface area contributed by atoms with Gasteiger partial charge in [0.15, 0.2) is 9.84 Å². The Morgan fingerprint density at radius 2 is 1.91 bits per heavy atom. The topological polar surface area (TPSA) is 119 Å². The van der Waals surface area contributed by atoms with Gasteiger partial charge in [-0.25, -0.2) is 8.42 Å². The summed E-state index contributed by atoms with van der Waals surface area (Å²) in [7, 11) is -0.172. The fourth-order valence-corrected chi connectivity index (χ4v) is 5.97. The molecule has 1 aliphatic rings. The van der Waals surface area contributed by atoms with Gasteiger partial charge in [0.1, 0.15) is 6.54 Å². The zero-order valence-corrected chi connectivity index (χ0v) is 19.4. The summed E-state index contributed by atoms with van der Waals surface area (Å²) in [6, 6.07) is 2.83. The first-order valence-corrected chi connectivity index (χ1v) is 11.7. The van der Waals surface area contributed by atoms with Crippen LogP contribution in [0.25, 0.3) is 11.1 Å². The number of benzene rings is 1. The minimum atomic E-state index is -4.99. The van der Waals surface area contributed by atoms with Crippen molar-refractivity contribution in [3.8, 4) is 11.1 Å². The lowest BCUT2D eigenvalue weighted by Gasteiger charge is -2.18. The summed E-state index contributed by atoms with van der Waals surface area (Å²) in [5.74, 6) is -2.66. The van der Waals surface area contributed by atoms with Crippen LogP contribution in [0.4, 0.5) is 13.2 Å². The first-order valence-electron chi connectivity index (χ1n) is 10.2. The van der Waals surface area contributed by atoms with Crippen molar-refractivity contribution < 1.29 is 41.0 Å². The van der Waals surface area contributed by atoms with Gasteiger partial charge in [0.2, 0.25) is 5.91 Å². The Morgan fingerprint density at radius 1 is 1.24 bits per heavy atom. The molecule has 0 radical (unpaired) electrons. The van der Waals surface area contributed by atoms with Gasteiger partial charge in [0, 0.05) is 33.0 Å². The predicted octanol–water partition coefficient (Wildman–Crippen LogP) is 2.31. The molecule has 1 heterocycles. The number of hydrogen-bond acceptors (Lipinski definition) is 6. The van der Waals surface area contributed by atoms with Crippen LogP contribution in [0.3, 0.4) is 0 Å². The summed E-state index contributed by atoms with van der Waals surface area (Å²) in [4.78, 5) is 23.7. The van der Waals surface area contributed by atoms with Crippen molar-refractivity contribution in [3.05, 3.63) is 36.2 Å². The van der Waals surface area contributed by atoms with Gasteiger partial charge in [0.05, 0.1) is 33.9 Å². The summed E-state index contributed by atoms with van der Waals surface area (Å²) in [6.45, 7) is -0.112. The molecule has 0 spiro atoms. The lowest BCUT2D eigenvalue weighted by Crippen LogP contribution is -2.26. The molecule has 0 bridgehead atoms. The van der Waals surface area contributed by atoms with Crippen molar-refractivity contribution >= 4 is 21.7 Å². The lowest BCUT2D eigenvalue weighted by atomic mass is 10.1. The molecule has 1 N–H and O–H groups in total. The van der Waals surface area contributed by atoms with Crippen molar-refractivity contribution in [3.63, 3.8) is 0 Å². The number of ether oxygens (including phenoxy) is 1. The number of carboxylic acid groups (broad SMARTS) is 1. The summed E-state index contributed by atoms with van der Waals surface area (Å²) >= 11 is 0. The Labute approximate surface area is 194 Å². The molecule has 1 fully saturated rings. The molecule has 0 unspecified atom stereocenters. The van der Waals surface area contributed by atoms with E-state index in [0.717, 1.165) is 12.1 Å². The average Bonchev–Trinajstić information content (AvgIpc) is 3.40. The van der Waals surface area contributed by atoms with Crippen molar-refractivity contribution in [2.24, 2.45) is 5.92 Å². The van der Waals surface area contributed by atoms with Crippen LogP contribution in [0.15, 0.2) is 35.5 Å². The molecule has 34 heavy (non-hydrogen) atoms. The number of halogens is 3. The number of carbonyl (C=O) groups excluding carboxylic acids is 1. The number of nitrogens with zero attached hydrogens (tertiary/aromatic N) is 3. The van der Waals surface area contributed by atoms with E-state index in [1.54, 1.807) is 14.1 Å². The molecular formula is C21H24F3N3O6S. The van der Waals surface area contributed by atoms with Crippen LogP contribution in [0.2, 0.25) is 0 Å². The average molecular weight is 503 g/mol. The van der Waals surface area contributed by atoms with E-state index in [4.69, 9.17) is 4.74 Å². The Kier molecular flexibility index (Phi) is 7.08. The smallest absolute Gasteiger partial charge is 0.417 e. The number of sulfone groups is 1. The van der Waals surface area contributed by atoms with E-state index in [1.165, 1.54) is 35.2 Å². The molecule has 1 aromatic carbocycles. The van der Waals surface area contributed by atoms with Crippen molar-refractivity contribution in [2.75, 3.05) is 21.2 Å². The highest BCUT2D eigenvalue weighted by Crippen LogP contribution is 2.42. The lowest BCUT2D eigenvalue weighted by molar-refractivity contribution is -0.145. The van der Waals surface area contributed by atoms with Crippen LogP contribution < -0.4 is 0 Å². The molecule has 13 heteroatoms. The third kappa shape index (κ3) is 5.09. The Bertz CT molecular complexity index is 1190. The minimum absolute atomic E-state index is 0.0689. The van der Waals surface area contributed by atoms with E-state index in [-0.39, 0.29) is 36.4 Å². The quantitative estimate of drug-likeness (QED) is 0.616. The van der Waals surface area contributed by atoms with Crippen molar-refractivity contribution in [1.82, 2.24) is 14.7 Å². The molecular weight excluding hydrogens is 479 g/mol. The second kappa shape index (κ2) is 9.37. The van der Waals surface area contributed by atoms with Crippen molar-refractivity contribution in [1.29, 1.82) is 0 Å². The maximum Gasteiger partial charge on any atom is 0.417 e. The standard InChI is InChI=1S/C21H24F3N3O6S/c1-26(2)19(28)11-27-10-13(9-25-27)12-4-5-18(16(6-12)21(22,23)24)34(31,32)14-7-15(20(29)30)17(8-14)33-3/h4-6,9-10,14-15,17H,7-8,11H2,1-3H3,(H,29,30)/t14-,15-,17-/m0/s1. The fraction of sp³-hybridized carbons (Fsp3) is 0.476. The predicted molar refractivity (Wildman–Crippen MR) is 113 cm³/mol. The zero-order chi connectivity index (χ0) is 25.4. The van der Waals surface area contributed by atoms with Gasteiger partial charge in [-0.3, -0.25) is 14.3 Å². The number of carboxylic acids is 1. The maximum absolute atomic E-state index is 13.9. The summed E-state index contributed by atoms with van der Waals surface area (Å²) in [5, 5.41) is 12.0. The highest BCUT2D eigenvalue weighted by atomic mass is 32.2. The van der Waals surface area contributed by atoms with Crippen LogP contribution in [-0.2, 0) is 36.9 Å². The van der Waals surface area contributed by atoms with Gasteiger partial charge in [-0.1, -0.05) is 6.07 Å². The third-order valence-electron chi connectivity index (χ3n) is 5.87. The number of likely N-dealkylation sites (N-methyl/N-ethyl adjacent to an activating group) is 1. The molecule has 3 rings (SSSR count). The van der Waals surface area contributed by atoms with Gasteiger partial charge in [-0.2, -0.15) is 18.3 Å². The Balaban J connectivity index is 1.98. The van der Waals surface area contributed by atoms with Crippen LogP contribution in [0.1, 0.15) is 18.4 Å². The van der Waals surface area contributed by atoms with E-state index in [9.17, 15) is 36.3 Å². The number of aliphatic carboxylic acids is 1. The van der Waals surface area contributed by atoms with Crippen molar-refractivity contribution in [2.45, 2.75) is 41.8 Å². The third-order valence-corrected chi connectivity index (χ3v) is 8.11. The molecule has 0 aliphatic heterocycles. The van der Waals surface area contributed by atoms with Crippen LogP contribution in [0, 0.1) is 5.92 Å². The van der Waals surface area contributed by atoms with E-state index in [1.807, 2.05) is 0 Å². The van der Waals surface area contributed by atoms with E-state index >= 15 is 0 Å². The molecule has 2 aromatic rings. The zero-order valence-electron chi connectivity index (χ0n) is 18.6. The summed E-state index contributed by atoms with van der Waals surface area (Å²) in [6.07, 6.45) is -3.79. The largest absolute Gasteiger partial charge is 0.481 e. The summed E-state index contributed by atoms with van der Waals surface area (Å²) < 4.78 is 74.4. The first kappa shape index (κ1) is 25.7. The number of methoxy groups -OCH3 is 1. The first-order chi connectivity index (χ1) is 15.8. The normalized spacial score (nSPS) is 20.9. The molecule has 3 atom stereocenters. The van der Waals surface area contributed by atoms with Gasteiger partial charge < -0.3 is 14.7 Å². The molecule has 1 amide bonds. The highest BCUT2D eigenvalue weighted by Gasteiger charge is 2.47. The molecule has 0 saturated heterocycles.